The average Bonchev–Trinajstić information content (AvgIpc) is 2.85. The molecule has 0 amide bonds. The Morgan fingerprint density at radius 3 is 2.47 bits per heavy atom. The van der Waals surface area contributed by atoms with E-state index < -0.39 is 0 Å². The summed E-state index contributed by atoms with van der Waals surface area (Å²) in [6.07, 6.45) is 0.912. The number of aldehydes is 1. The molecule has 0 aliphatic carbocycles. The van der Waals surface area contributed by atoms with Gasteiger partial charge in [0, 0.05) is 12.2 Å². The van der Waals surface area contributed by atoms with Crippen LogP contribution in [-0.2, 0) is 0 Å². The average molecular weight is 274 g/mol. The third-order valence-electron chi connectivity index (χ3n) is 2.94. The molecule has 0 atom stereocenters. The molecule has 0 fully saturated rings. The lowest BCUT2D eigenvalue weighted by molar-refractivity contribution is 0.112. The molecule has 19 heavy (non-hydrogen) atoms. The smallest absolute Gasteiger partial charge is 0.190 e. The zero-order valence-electron chi connectivity index (χ0n) is 11.5. The van der Waals surface area contributed by atoms with Gasteiger partial charge >= 0.3 is 0 Å². The summed E-state index contributed by atoms with van der Waals surface area (Å²) in [5.41, 5.74) is 2.00. The van der Waals surface area contributed by atoms with Crippen molar-refractivity contribution in [2.24, 2.45) is 0 Å². The van der Waals surface area contributed by atoms with Crippen molar-refractivity contribution in [3.05, 3.63) is 40.9 Å². The number of aromatic nitrogens is 1. The number of rotatable bonds is 5. The maximum absolute atomic E-state index is 11.1. The van der Waals surface area contributed by atoms with Gasteiger partial charge in [0.1, 0.15) is 0 Å². The van der Waals surface area contributed by atoms with Crippen LogP contribution >= 0.6 is 11.3 Å². The van der Waals surface area contributed by atoms with Crippen LogP contribution in [0.4, 0.5) is 10.8 Å². The molecule has 0 radical (unpaired) electrons. The number of nitrogens with zero attached hydrogens (tertiary/aromatic N) is 2. The molecule has 0 unspecified atom stereocenters. The third-order valence-corrected chi connectivity index (χ3v) is 3.96. The topological polar surface area (TPSA) is 33.2 Å². The second-order valence-corrected chi connectivity index (χ2v) is 5.61. The molecule has 2 rings (SSSR count). The summed E-state index contributed by atoms with van der Waals surface area (Å²) in [6.45, 7) is 7.03. The first-order chi connectivity index (χ1) is 9.17. The summed E-state index contributed by atoms with van der Waals surface area (Å²) in [4.78, 5) is 18.6. The molecule has 0 saturated carbocycles. The van der Waals surface area contributed by atoms with Crippen molar-refractivity contribution in [3.8, 4) is 0 Å². The Morgan fingerprint density at radius 1 is 1.32 bits per heavy atom. The summed E-state index contributed by atoms with van der Waals surface area (Å²) in [5, 5.41) is 0.888. The predicted octanol–water partition coefficient (Wildman–Crippen LogP) is 4.24. The van der Waals surface area contributed by atoms with Gasteiger partial charge in [0.05, 0.1) is 10.6 Å². The van der Waals surface area contributed by atoms with Crippen LogP contribution in [0.25, 0.3) is 0 Å². The summed E-state index contributed by atoms with van der Waals surface area (Å²) in [6, 6.07) is 10.1. The van der Waals surface area contributed by atoms with E-state index in [9.17, 15) is 4.79 Å². The van der Waals surface area contributed by atoms with Gasteiger partial charge in [0.2, 0.25) is 0 Å². The molecule has 0 aliphatic heterocycles. The van der Waals surface area contributed by atoms with Crippen LogP contribution < -0.4 is 4.90 Å². The Bertz CT molecular complexity index is 549. The van der Waals surface area contributed by atoms with Gasteiger partial charge in [0.15, 0.2) is 11.4 Å². The fraction of sp³-hybridized carbons (Fsp3) is 0.333. The Kier molecular flexibility index (Phi) is 4.32. The molecule has 4 heteroatoms. The van der Waals surface area contributed by atoms with Crippen LogP contribution in [0.2, 0.25) is 0 Å². The van der Waals surface area contributed by atoms with Gasteiger partial charge in [-0.25, -0.2) is 4.98 Å². The van der Waals surface area contributed by atoms with E-state index in [1.807, 2.05) is 18.2 Å². The van der Waals surface area contributed by atoms with E-state index in [0.717, 1.165) is 34.2 Å². The largest absolute Gasteiger partial charge is 0.318 e. The summed E-state index contributed by atoms with van der Waals surface area (Å²) >= 11 is 1.46. The first-order valence-corrected chi connectivity index (χ1v) is 7.27. The molecule has 100 valence electrons. The maximum atomic E-state index is 11.1. The van der Waals surface area contributed by atoms with Gasteiger partial charge in [-0.15, -0.1) is 0 Å². The number of hydrogen-bond acceptors (Lipinski definition) is 4. The van der Waals surface area contributed by atoms with E-state index in [2.05, 4.69) is 42.8 Å². The highest BCUT2D eigenvalue weighted by Crippen LogP contribution is 2.33. The lowest BCUT2D eigenvalue weighted by atomic mass is 10.1. The van der Waals surface area contributed by atoms with Gasteiger partial charge < -0.3 is 4.90 Å². The lowest BCUT2D eigenvalue weighted by Gasteiger charge is -2.19. The second kappa shape index (κ2) is 5.97. The molecule has 0 spiro atoms. The van der Waals surface area contributed by atoms with Crippen LogP contribution in [0.15, 0.2) is 30.3 Å². The van der Waals surface area contributed by atoms with Gasteiger partial charge in [-0.05, 0) is 25.0 Å². The van der Waals surface area contributed by atoms with Crippen molar-refractivity contribution >= 4 is 28.4 Å². The van der Waals surface area contributed by atoms with E-state index >= 15 is 0 Å². The highest BCUT2D eigenvalue weighted by molar-refractivity contribution is 7.17. The van der Waals surface area contributed by atoms with Gasteiger partial charge in [-0.2, -0.15) is 0 Å². The van der Waals surface area contributed by atoms with Crippen molar-refractivity contribution < 1.29 is 4.79 Å². The molecule has 1 aromatic heterocycles. The van der Waals surface area contributed by atoms with Crippen molar-refractivity contribution in [1.29, 1.82) is 0 Å². The highest BCUT2D eigenvalue weighted by atomic mass is 32.1. The van der Waals surface area contributed by atoms with E-state index in [0.29, 0.717) is 0 Å². The minimum atomic E-state index is 0.264. The Hall–Kier alpha value is -1.68. The van der Waals surface area contributed by atoms with Crippen LogP contribution in [0.1, 0.15) is 42.1 Å². The monoisotopic (exact) mass is 274 g/mol. The first-order valence-electron chi connectivity index (χ1n) is 6.45. The highest BCUT2D eigenvalue weighted by Gasteiger charge is 2.18. The summed E-state index contributed by atoms with van der Waals surface area (Å²) in [5.74, 6) is 0.264. The minimum absolute atomic E-state index is 0.264. The number of thiazole rings is 1. The number of para-hydroxylation sites is 1. The normalized spacial score (nSPS) is 10.7. The predicted molar refractivity (Wildman–Crippen MR) is 80.7 cm³/mol. The maximum Gasteiger partial charge on any atom is 0.190 e. The van der Waals surface area contributed by atoms with Gasteiger partial charge in [-0.1, -0.05) is 43.4 Å². The van der Waals surface area contributed by atoms with E-state index in [4.69, 9.17) is 0 Å². The first kappa shape index (κ1) is 13.7. The van der Waals surface area contributed by atoms with Crippen LogP contribution in [0.5, 0.6) is 0 Å². The minimum Gasteiger partial charge on any atom is -0.318 e. The fourth-order valence-electron chi connectivity index (χ4n) is 1.98. The molecule has 0 N–H and O–H groups in total. The molecule has 2 aromatic rings. The van der Waals surface area contributed by atoms with Crippen LogP contribution in [0, 0.1) is 0 Å². The Morgan fingerprint density at radius 2 is 2.00 bits per heavy atom. The van der Waals surface area contributed by atoms with Gasteiger partial charge in [-0.3, -0.25) is 4.79 Å². The molecule has 0 saturated heterocycles. The summed E-state index contributed by atoms with van der Waals surface area (Å²) in [7, 11) is 0. The number of carbonyl (C=O) groups is 1. The van der Waals surface area contributed by atoms with Gasteiger partial charge in [0.25, 0.3) is 0 Å². The molecule has 0 aliphatic rings. The number of hydrogen-bond donors (Lipinski definition) is 0. The molecule has 3 nitrogen and oxygen atoms in total. The van der Waals surface area contributed by atoms with Crippen LogP contribution in [0.3, 0.4) is 0 Å². The van der Waals surface area contributed by atoms with E-state index in [1.54, 1.807) is 0 Å². The van der Waals surface area contributed by atoms with Crippen molar-refractivity contribution in [2.75, 3.05) is 11.4 Å². The van der Waals surface area contributed by atoms with Crippen molar-refractivity contribution in [3.63, 3.8) is 0 Å². The number of benzene rings is 1. The van der Waals surface area contributed by atoms with E-state index in [1.165, 1.54) is 11.3 Å². The zero-order valence-corrected chi connectivity index (χ0v) is 12.3. The third kappa shape index (κ3) is 2.84. The zero-order chi connectivity index (χ0) is 13.8. The quantitative estimate of drug-likeness (QED) is 0.765. The van der Waals surface area contributed by atoms with Crippen LogP contribution in [-0.4, -0.2) is 17.8 Å². The summed E-state index contributed by atoms with van der Waals surface area (Å²) < 4.78 is 0. The molecular weight excluding hydrogens is 256 g/mol. The number of anilines is 2. The SMILES string of the molecule is CCN(c1ccccc1)c1nc(C(C)C)c(C=O)s1. The Balaban J connectivity index is 2.42. The van der Waals surface area contributed by atoms with Crippen molar-refractivity contribution in [2.45, 2.75) is 26.7 Å². The van der Waals surface area contributed by atoms with E-state index in [-0.39, 0.29) is 5.92 Å². The lowest BCUT2D eigenvalue weighted by Crippen LogP contribution is -2.15. The molecular formula is C15H18N2OS. The second-order valence-electron chi connectivity index (χ2n) is 4.60. The molecule has 0 bridgehead atoms. The molecule has 1 aromatic carbocycles. The fourth-order valence-corrected chi connectivity index (χ4v) is 3.10. The molecule has 1 heterocycles. The Labute approximate surface area is 117 Å². The standard InChI is InChI=1S/C15H18N2OS/c1-4-17(12-8-6-5-7-9-12)15-16-14(11(2)3)13(10-18)19-15/h5-11H,4H2,1-3H3. The van der Waals surface area contributed by atoms with Crippen molar-refractivity contribution in [1.82, 2.24) is 4.98 Å². The number of carbonyl (C=O) groups excluding carboxylic acids is 1.